The van der Waals surface area contributed by atoms with Gasteiger partial charge in [-0.25, -0.2) is 4.79 Å². The number of nitrogen functional groups attached to an aromatic ring is 1. The molecule has 0 bridgehead atoms. The lowest BCUT2D eigenvalue weighted by molar-refractivity contribution is -0.143. The number of likely N-dealkylation sites (N-methyl/N-ethyl adjacent to an activating group) is 1. The van der Waals surface area contributed by atoms with Gasteiger partial charge in [0.2, 0.25) is 11.9 Å². The van der Waals surface area contributed by atoms with E-state index in [1.807, 2.05) is 58.7 Å². The molecular formula is C29H47N9O4S. The van der Waals surface area contributed by atoms with Crippen LogP contribution in [0.3, 0.4) is 0 Å². The van der Waals surface area contributed by atoms with E-state index in [0.717, 1.165) is 11.4 Å². The van der Waals surface area contributed by atoms with Crippen LogP contribution in [0.4, 0.5) is 5.82 Å². The van der Waals surface area contributed by atoms with E-state index in [4.69, 9.17) is 16.2 Å². The summed E-state index contributed by atoms with van der Waals surface area (Å²) < 4.78 is 6.34. The number of amides is 1. The number of ether oxygens (including phenoxy) is 1. The number of anilines is 1. The Morgan fingerprint density at radius 2 is 1.95 bits per heavy atom. The normalized spacial score (nSPS) is 11.7. The van der Waals surface area contributed by atoms with Gasteiger partial charge >= 0.3 is 11.7 Å². The first kappa shape index (κ1) is 37.0. The highest BCUT2D eigenvalue weighted by Gasteiger charge is 2.20. The standard InChI is InChI=1S/C19H33N3O3.C10H14N6OS/c1-7-25-17(23)9-8-14-22(6)16(11-10-15(2)20)12-13-21-18(24)19(3,4)5;1-5(2)6-4-7(11)16(15-6)8-12-9(17)14-10(13-8)18-3/h10-12H,2,7-9,13-14,20H2,1,3-6H3,(H,21,24);4-5H,11H2,1-3H3,(H,12,13,14,17)/b11-10-,16-12+;. The van der Waals surface area contributed by atoms with Crippen molar-refractivity contribution in [1.82, 2.24) is 34.9 Å². The Hall–Kier alpha value is -4.07. The largest absolute Gasteiger partial charge is 0.466 e. The molecule has 2 heterocycles. The average molecular weight is 618 g/mol. The Bertz CT molecular complexity index is 1340. The van der Waals surface area contributed by atoms with Crippen LogP contribution in [0.2, 0.25) is 0 Å². The maximum absolute atomic E-state index is 11.9. The first-order valence-electron chi connectivity index (χ1n) is 13.9. The number of esters is 1. The van der Waals surface area contributed by atoms with E-state index in [1.165, 1.54) is 16.4 Å². The van der Waals surface area contributed by atoms with Crippen molar-refractivity contribution in [3.63, 3.8) is 0 Å². The second-order valence-corrected chi connectivity index (χ2v) is 11.6. The predicted molar refractivity (Wildman–Crippen MR) is 172 cm³/mol. The fourth-order valence-electron chi connectivity index (χ4n) is 3.29. The molecule has 0 aliphatic carbocycles. The number of H-pyrrole nitrogens is 1. The van der Waals surface area contributed by atoms with Crippen LogP contribution in [0, 0.1) is 5.41 Å². The molecule has 2 rings (SSSR count). The van der Waals surface area contributed by atoms with Crippen molar-refractivity contribution in [2.75, 3.05) is 38.7 Å². The summed E-state index contributed by atoms with van der Waals surface area (Å²) in [5, 5.41) is 7.59. The molecule has 14 heteroatoms. The minimum absolute atomic E-state index is 0.0136. The van der Waals surface area contributed by atoms with Crippen LogP contribution in [-0.4, -0.2) is 74.5 Å². The van der Waals surface area contributed by atoms with Gasteiger partial charge in [0, 0.05) is 49.4 Å². The third kappa shape index (κ3) is 13.6. The summed E-state index contributed by atoms with van der Waals surface area (Å²) in [5.41, 5.74) is 12.7. The van der Waals surface area contributed by atoms with E-state index in [9.17, 15) is 14.4 Å². The topological polar surface area (TPSA) is 187 Å². The number of rotatable bonds is 13. The Balaban J connectivity index is 0.000000450. The summed E-state index contributed by atoms with van der Waals surface area (Å²) in [7, 11) is 1.92. The zero-order chi connectivity index (χ0) is 32.7. The van der Waals surface area contributed by atoms with Gasteiger partial charge in [0.05, 0.1) is 12.3 Å². The summed E-state index contributed by atoms with van der Waals surface area (Å²) in [6.07, 6.45) is 8.31. The molecule has 0 aliphatic heterocycles. The molecule has 0 saturated heterocycles. The van der Waals surface area contributed by atoms with Crippen molar-refractivity contribution in [3.8, 4) is 5.95 Å². The number of carbonyl (C=O) groups excluding carboxylic acids is 2. The molecule has 0 saturated carbocycles. The number of aromatic amines is 1. The lowest BCUT2D eigenvalue weighted by atomic mass is 9.96. The summed E-state index contributed by atoms with van der Waals surface area (Å²) in [4.78, 5) is 47.1. The van der Waals surface area contributed by atoms with E-state index < -0.39 is 11.1 Å². The number of nitrogens with two attached hydrogens (primary N) is 2. The van der Waals surface area contributed by atoms with Gasteiger partial charge in [-0.05, 0) is 43.7 Å². The van der Waals surface area contributed by atoms with Gasteiger partial charge in [-0.2, -0.15) is 19.7 Å². The third-order valence-corrected chi connectivity index (χ3v) is 6.24. The maximum atomic E-state index is 11.9. The van der Waals surface area contributed by atoms with Gasteiger partial charge in [0.1, 0.15) is 5.82 Å². The Labute approximate surface area is 258 Å². The summed E-state index contributed by atoms with van der Waals surface area (Å²) in [5.74, 6) is 0.760. The number of hydrogen-bond donors (Lipinski definition) is 4. The summed E-state index contributed by atoms with van der Waals surface area (Å²) in [6, 6.07) is 1.77. The number of allylic oxidation sites excluding steroid dienone is 2. The monoisotopic (exact) mass is 617 g/mol. The highest BCUT2D eigenvalue weighted by Crippen LogP contribution is 2.18. The molecule has 0 fully saturated rings. The number of carbonyl (C=O) groups is 2. The molecule has 2 aromatic heterocycles. The molecule has 0 spiro atoms. The molecule has 43 heavy (non-hydrogen) atoms. The zero-order valence-corrected chi connectivity index (χ0v) is 27.4. The third-order valence-electron chi connectivity index (χ3n) is 5.69. The number of nitrogens with one attached hydrogen (secondary N) is 2. The molecule has 0 aliphatic rings. The average Bonchev–Trinajstić information content (AvgIpc) is 3.31. The van der Waals surface area contributed by atoms with E-state index in [1.54, 1.807) is 25.3 Å². The number of hydrogen-bond acceptors (Lipinski definition) is 11. The molecule has 238 valence electrons. The van der Waals surface area contributed by atoms with Crippen molar-refractivity contribution in [1.29, 1.82) is 0 Å². The Kier molecular flexibility index (Phi) is 15.3. The van der Waals surface area contributed by atoms with Crippen LogP contribution in [0.25, 0.3) is 5.95 Å². The molecule has 0 unspecified atom stereocenters. The van der Waals surface area contributed by atoms with Crippen LogP contribution in [0.5, 0.6) is 0 Å². The first-order chi connectivity index (χ1) is 20.1. The van der Waals surface area contributed by atoms with Crippen LogP contribution in [0.15, 0.2) is 52.2 Å². The van der Waals surface area contributed by atoms with Crippen molar-refractivity contribution in [2.45, 2.75) is 65.5 Å². The quantitative estimate of drug-likeness (QED) is 0.147. The predicted octanol–water partition coefficient (Wildman–Crippen LogP) is 3.11. The van der Waals surface area contributed by atoms with Gasteiger partial charge in [-0.3, -0.25) is 14.6 Å². The van der Waals surface area contributed by atoms with Crippen molar-refractivity contribution in [2.24, 2.45) is 11.1 Å². The lowest BCUT2D eigenvalue weighted by Crippen LogP contribution is -2.35. The van der Waals surface area contributed by atoms with E-state index in [-0.39, 0.29) is 23.7 Å². The second kappa shape index (κ2) is 17.8. The van der Waals surface area contributed by atoms with Crippen molar-refractivity contribution in [3.05, 3.63) is 58.4 Å². The van der Waals surface area contributed by atoms with Crippen LogP contribution < -0.4 is 22.5 Å². The van der Waals surface area contributed by atoms with Gasteiger partial charge in [-0.15, -0.1) is 0 Å². The Morgan fingerprint density at radius 3 is 2.49 bits per heavy atom. The molecule has 13 nitrogen and oxygen atoms in total. The first-order valence-corrected chi connectivity index (χ1v) is 15.2. The van der Waals surface area contributed by atoms with E-state index in [0.29, 0.717) is 49.2 Å². The van der Waals surface area contributed by atoms with Crippen LogP contribution in [0.1, 0.15) is 66.0 Å². The van der Waals surface area contributed by atoms with Crippen LogP contribution >= 0.6 is 11.8 Å². The molecule has 6 N–H and O–H groups in total. The zero-order valence-electron chi connectivity index (χ0n) is 26.6. The summed E-state index contributed by atoms with van der Waals surface area (Å²) >= 11 is 1.29. The maximum Gasteiger partial charge on any atom is 0.350 e. The minimum atomic E-state index is -0.467. The van der Waals surface area contributed by atoms with E-state index >= 15 is 0 Å². The fraction of sp³-hybridized carbons (Fsp3) is 0.517. The number of thioether (sulfide) groups is 1. The van der Waals surface area contributed by atoms with Crippen molar-refractivity contribution >= 4 is 29.5 Å². The minimum Gasteiger partial charge on any atom is -0.466 e. The van der Waals surface area contributed by atoms with Gasteiger partial charge in [0.15, 0.2) is 5.16 Å². The van der Waals surface area contributed by atoms with Gasteiger partial charge < -0.3 is 26.4 Å². The Morgan fingerprint density at radius 1 is 1.28 bits per heavy atom. The van der Waals surface area contributed by atoms with Gasteiger partial charge in [0.25, 0.3) is 0 Å². The summed E-state index contributed by atoms with van der Waals surface area (Å²) in [6.45, 7) is 16.6. The molecule has 1 amide bonds. The second-order valence-electron chi connectivity index (χ2n) is 10.9. The smallest absolute Gasteiger partial charge is 0.350 e. The molecular weight excluding hydrogens is 570 g/mol. The molecule has 0 radical (unpaired) electrons. The molecule has 0 aromatic carbocycles. The number of aromatic nitrogens is 5. The van der Waals surface area contributed by atoms with E-state index in [2.05, 4.69) is 31.9 Å². The highest BCUT2D eigenvalue weighted by molar-refractivity contribution is 7.98. The fourth-order valence-corrected chi connectivity index (χ4v) is 3.64. The van der Waals surface area contributed by atoms with Crippen molar-refractivity contribution < 1.29 is 14.3 Å². The lowest BCUT2D eigenvalue weighted by Gasteiger charge is -2.21. The molecule has 2 aromatic rings. The molecule has 0 atom stereocenters. The number of nitrogens with zero attached hydrogens (tertiary/aromatic N) is 5. The van der Waals surface area contributed by atoms with Crippen LogP contribution in [-0.2, 0) is 14.3 Å². The van der Waals surface area contributed by atoms with Gasteiger partial charge in [-0.1, -0.05) is 53.0 Å². The highest BCUT2D eigenvalue weighted by atomic mass is 32.2. The SMILES string of the molecule is C=C(N)/C=C\C(=C/CNC(=O)C(C)(C)C)N(C)CCCC(=O)OCC.CSc1nc(-n2nc(C(C)C)cc2N)[nH]c(=O)n1.